The normalized spacial score (nSPS) is 24.3. The minimum atomic E-state index is -1.79. The molecule has 2 aliphatic heterocycles. The maximum atomic E-state index is 13.2. The Morgan fingerprint density at radius 3 is 1.23 bits per heavy atom. The van der Waals surface area contributed by atoms with E-state index in [-0.39, 0.29) is 18.9 Å². The van der Waals surface area contributed by atoms with Crippen molar-refractivity contribution in [3.8, 4) is 0 Å². The van der Waals surface area contributed by atoms with Gasteiger partial charge in [-0.3, -0.25) is 4.79 Å². The van der Waals surface area contributed by atoms with Crippen molar-refractivity contribution in [3.05, 3.63) is 36.5 Å². The highest BCUT2D eigenvalue weighted by Gasteiger charge is 2.51. The third-order valence-electron chi connectivity index (χ3n) is 16.6. The van der Waals surface area contributed by atoms with Crippen LogP contribution >= 0.6 is 0 Å². The Labute approximate surface area is 493 Å². The van der Waals surface area contributed by atoms with Gasteiger partial charge in [-0.25, -0.2) is 0 Å². The third-order valence-corrected chi connectivity index (χ3v) is 16.6. The zero-order valence-corrected chi connectivity index (χ0v) is 51.5. The molecule has 81 heavy (non-hydrogen) atoms. The van der Waals surface area contributed by atoms with Crippen molar-refractivity contribution in [1.82, 2.24) is 5.32 Å². The first-order chi connectivity index (χ1) is 39.6. The van der Waals surface area contributed by atoms with Crippen LogP contribution in [0.4, 0.5) is 0 Å². The van der Waals surface area contributed by atoms with Crippen LogP contribution in [0.5, 0.6) is 0 Å². The fraction of sp³-hybridized carbons (Fsp3) is 0.896. The number of rotatable bonds is 55. The van der Waals surface area contributed by atoms with Crippen molar-refractivity contribution in [3.63, 3.8) is 0 Å². The lowest BCUT2D eigenvalue weighted by Crippen LogP contribution is -2.65. The Hall–Kier alpha value is -1.79. The van der Waals surface area contributed by atoms with Crippen LogP contribution in [0, 0.1) is 0 Å². The van der Waals surface area contributed by atoms with Crippen LogP contribution in [0.1, 0.15) is 290 Å². The fourth-order valence-corrected chi connectivity index (χ4v) is 11.1. The van der Waals surface area contributed by atoms with E-state index in [9.17, 15) is 45.6 Å². The molecular weight excluding hydrogens is 1030 g/mol. The van der Waals surface area contributed by atoms with E-state index in [2.05, 4.69) is 43.5 Å². The molecule has 2 heterocycles. The summed E-state index contributed by atoms with van der Waals surface area (Å²) in [6, 6.07) is -0.909. The third kappa shape index (κ3) is 37.4. The van der Waals surface area contributed by atoms with Gasteiger partial charge in [0.25, 0.3) is 0 Å². The molecule has 2 fully saturated rings. The highest BCUT2D eigenvalue weighted by Crippen LogP contribution is 2.30. The molecule has 0 spiro atoms. The van der Waals surface area contributed by atoms with E-state index in [1.54, 1.807) is 6.08 Å². The second-order valence-electron chi connectivity index (χ2n) is 24.0. The highest BCUT2D eigenvalue weighted by molar-refractivity contribution is 5.76. The van der Waals surface area contributed by atoms with Crippen LogP contribution in [0.2, 0.25) is 0 Å². The smallest absolute Gasteiger partial charge is 0.220 e. The summed E-state index contributed by atoms with van der Waals surface area (Å²) in [7, 11) is 0. The van der Waals surface area contributed by atoms with Gasteiger partial charge in [0, 0.05) is 6.42 Å². The van der Waals surface area contributed by atoms with Gasteiger partial charge in [0.1, 0.15) is 48.8 Å². The topological polar surface area (TPSA) is 228 Å². The molecule has 2 saturated heterocycles. The zero-order valence-electron chi connectivity index (χ0n) is 51.5. The van der Waals surface area contributed by atoms with Gasteiger partial charge in [0.15, 0.2) is 12.6 Å². The minimum Gasteiger partial charge on any atom is -0.394 e. The first-order valence-corrected chi connectivity index (χ1v) is 33.7. The maximum absolute atomic E-state index is 13.2. The molecule has 14 nitrogen and oxygen atoms in total. The number of aliphatic hydroxyl groups excluding tert-OH is 8. The monoisotopic (exact) mass is 1150 g/mol. The van der Waals surface area contributed by atoms with Gasteiger partial charge in [-0.05, 0) is 51.4 Å². The van der Waals surface area contributed by atoms with Gasteiger partial charge < -0.3 is 65.1 Å². The van der Waals surface area contributed by atoms with Crippen LogP contribution in [-0.2, 0) is 23.7 Å². The number of hydrogen-bond donors (Lipinski definition) is 9. The summed E-state index contributed by atoms with van der Waals surface area (Å²) in [6.45, 7) is 2.75. The van der Waals surface area contributed by atoms with E-state index in [0.717, 1.165) is 51.4 Å². The average Bonchev–Trinajstić information content (AvgIpc) is 3.51. The summed E-state index contributed by atoms with van der Waals surface area (Å²) >= 11 is 0. The number of carbonyl (C=O) groups is 1. The molecule has 14 heteroatoms. The van der Waals surface area contributed by atoms with E-state index in [0.29, 0.717) is 6.42 Å². The minimum absolute atomic E-state index is 0.238. The molecule has 0 radical (unpaired) electrons. The van der Waals surface area contributed by atoms with E-state index < -0.39 is 86.8 Å². The van der Waals surface area contributed by atoms with E-state index in [1.165, 1.54) is 212 Å². The number of carbonyl (C=O) groups excluding carboxylic acids is 1. The Balaban J connectivity index is 1.50. The molecule has 12 atom stereocenters. The predicted octanol–water partition coefficient (Wildman–Crippen LogP) is 13.0. The quantitative estimate of drug-likeness (QED) is 0.0204. The number of nitrogens with one attached hydrogen (secondary N) is 1. The lowest BCUT2D eigenvalue weighted by Gasteiger charge is -2.46. The van der Waals surface area contributed by atoms with Crippen molar-refractivity contribution in [1.29, 1.82) is 0 Å². The van der Waals surface area contributed by atoms with Crippen molar-refractivity contribution in [2.75, 3.05) is 19.8 Å². The van der Waals surface area contributed by atoms with Gasteiger partial charge >= 0.3 is 0 Å². The average molecular weight is 1150 g/mol. The molecule has 12 unspecified atom stereocenters. The lowest BCUT2D eigenvalue weighted by atomic mass is 9.97. The predicted molar refractivity (Wildman–Crippen MR) is 328 cm³/mol. The lowest BCUT2D eigenvalue weighted by molar-refractivity contribution is -0.359. The Morgan fingerprint density at radius 2 is 0.815 bits per heavy atom. The van der Waals surface area contributed by atoms with E-state index >= 15 is 0 Å². The Bertz CT molecular complexity index is 1500. The van der Waals surface area contributed by atoms with Gasteiger partial charge in [0.05, 0.1) is 32.0 Å². The van der Waals surface area contributed by atoms with E-state index in [1.807, 2.05) is 6.08 Å². The molecule has 0 bridgehead atoms. The van der Waals surface area contributed by atoms with Gasteiger partial charge in [-0.1, -0.05) is 269 Å². The van der Waals surface area contributed by atoms with Gasteiger partial charge in [-0.15, -0.1) is 0 Å². The summed E-state index contributed by atoms with van der Waals surface area (Å²) < 4.78 is 22.7. The first kappa shape index (κ1) is 75.3. The van der Waals surface area contributed by atoms with E-state index in [4.69, 9.17) is 18.9 Å². The molecule has 0 aliphatic carbocycles. The molecule has 2 rings (SSSR count). The molecule has 1 amide bonds. The molecule has 0 saturated carbocycles. The van der Waals surface area contributed by atoms with Gasteiger partial charge in [-0.2, -0.15) is 0 Å². The molecule has 0 aromatic carbocycles. The molecular formula is C67H125NO13. The summed E-state index contributed by atoms with van der Waals surface area (Å²) in [4.78, 5) is 13.2. The fourth-order valence-electron chi connectivity index (χ4n) is 11.1. The molecule has 0 aromatic rings. The van der Waals surface area contributed by atoms with Crippen molar-refractivity contribution < 1.29 is 64.6 Å². The van der Waals surface area contributed by atoms with Crippen LogP contribution in [0.25, 0.3) is 0 Å². The Morgan fingerprint density at radius 1 is 0.444 bits per heavy atom. The summed E-state index contributed by atoms with van der Waals surface area (Å²) in [5.41, 5.74) is 0. The highest BCUT2D eigenvalue weighted by atomic mass is 16.7. The summed E-state index contributed by atoms with van der Waals surface area (Å²) in [5.74, 6) is -0.238. The number of unbranched alkanes of at least 4 members (excludes halogenated alkanes) is 38. The number of hydrogen-bond acceptors (Lipinski definition) is 13. The second-order valence-corrected chi connectivity index (χ2v) is 24.0. The van der Waals surface area contributed by atoms with Crippen molar-refractivity contribution >= 4 is 5.91 Å². The van der Waals surface area contributed by atoms with Crippen LogP contribution < -0.4 is 5.32 Å². The number of allylic oxidation sites excluding steroid dienone is 5. The van der Waals surface area contributed by atoms with Gasteiger partial charge in [0.2, 0.25) is 5.91 Å². The summed E-state index contributed by atoms with van der Waals surface area (Å²) in [6.07, 6.45) is 49.8. The molecule has 9 N–H and O–H groups in total. The first-order valence-electron chi connectivity index (χ1n) is 33.7. The standard InChI is InChI=1S/C67H125NO13/c1-3-5-7-9-11-13-14-15-16-17-18-19-20-21-22-23-24-25-26-27-28-29-30-31-32-33-34-35-36-37-38-39-40-41-42-43-45-47-49-51-59(72)68-55(56(71)50-48-46-44-12-10-8-6-4-2)54-78-66-64(77)62(75)65(58(53-70)80-66)81-67-63(76)61(74)60(73)57(52-69)79-67/h14-15,17-18,48,50,55-58,60-67,69-71,73-77H,3-13,16,19-47,49,51-54H2,1-2H3,(H,68,72)/b15-14-,18-17-,50-48+. The number of amides is 1. The van der Waals surface area contributed by atoms with Crippen molar-refractivity contribution in [2.45, 2.75) is 364 Å². The number of aliphatic hydroxyl groups is 8. The SMILES string of the molecule is CCCCCCC/C=C\C/C=C\CCCCCCCCCCCCCCCCCCCCCCCCCCCCCC(=O)NC(COC1OC(CO)C(OC2OC(CO)C(O)C(O)C2O)C(O)C1O)C(O)/C=C/CCCCCCCC. The largest absolute Gasteiger partial charge is 0.394 e. The number of ether oxygens (including phenoxy) is 4. The molecule has 0 aromatic heterocycles. The van der Waals surface area contributed by atoms with Crippen LogP contribution in [-0.4, -0.2) is 140 Å². The van der Waals surface area contributed by atoms with Crippen LogP contribution in [0.3, 0.4) is 0 Å². The summed E-state index contributed by atoms with van der Waals surface area (Å²) in [5, 5.41) is 86.8. The van der Waals surface area contributed by atoms with Crippen LogP contribution in [0.15, 0.2) is 36.5 Å². The maximum Gasteiger partial charge on any atom is 0.220 e. The molecule has 476 valence electrons. The second kappa shape index (κ2) is 52.5. The molecule has 2 aliphatic rings. The Kier molecular flexibility index (Phi) is 48.8. The zero-order chi connectivity index (χ0) is 58.8. The van der Waals surface area contributed by atoms with Crippen molar-refractivity contribution in [2.24, 2.45) is 0 Å².